The van der Waals surface area contributed by atoms with E-state index in [0.717, 1.165) is 11.1 Å². The molecule has 1 aliphatic heterocycles. The Morgan fingerprint density at radius 2 is 1.90 bits per heavy atom. The Morgan fingerprint density at radius 3 is 2.58 bits per heavy atom. The number of hydrogen-bond donors (Lipinski definition) is 0. The number of aromatic nitrogens is 1. The Hall–Kier alpha value is -4.55. The normalized spacial score (nSPS) is 22.4. The van der Waals surface area contributed by atoms with Crippen LogP contribution in [0.1, 0.15) is 77.8 Å². The Kier molecular flexibility index (Phi) is 8.38. The summed E-state index contributed by atoms with van der Waals surface area (Å²) in [5.74, 6) is -0.691. The van der Waals surface area contributed by atoms with Crippen LogP contribution in [0.2, 0.25) is 0 Å². The molecule has 3 aliphatic rings. The van der Waals surface area contributed by atoms with Crippen LogP contribution in [0.15, 0.2) is 68.9 Å². The van der Waals surface area contributed by atoms with Gasteiger partial charge < -0.3 is 23.5 Å². The first-order valence-electron chi connectivity index (χ1n) is 16.3. The van der Waals surface area contributed by atoms with E-state index in [1.54, 1.807) is 39.0 Å². The number of nitrogens with zero attached hydrogens (tertiary/aromatic N) is 2. The van der Waals surface area contributed by atoms with Gasteiger partial charge in [0, 0.05) is 26.7 Å². The van der Waals surface area contributed by atoms with Crippen molar-refractivity contribution in [3.05, 3.63) is 98.2 Å². The molecule has 10 nitrogen and oxygen atoms in total. The topological polar surface area (TPSA) is 121 Å². The molecule has 0 radical (unpaired) electrons. The van der Waals surface area contributed by atoms with Crippen LogP contribution in [0.3, 0.4) is 0 Å². The summed E-state index contributed by atoms with van der Waals surface area (Å²) in [6.07, 6.45) is -0.0317. The predicted octanol–water partition coefficient (Wildman–Crippen LogP) is 8.16. The second-order valence-corrected chi connectivity index (χ2v) is 15.2. The van der Waals surface area contributed by atoms with Crippen LogP contribution in [-0.4, -0.2) is 53.6 Å². The van der Waals surface area contributed by atoms with Crippen LogP contribution in [0.25, 0.3) is 10.8 Å². The molecule has 1 saturated heterocycles. The molecule has 0 bridgehead atoms. The van der Waals surface area contributed by atoms with Crippen molar-refractivity contribution in [2.24, 2.45) is 11.8 Å². The molecular weight excluding hydrogens is 711 g/mol. The molecule has 1 aromatic heterocycles. The maximum absolute atomic E-state index is 16.5. The fourth-order valence-electron chi connectivity index (χ4n) is 7.47. The van der Waals surface area contributed by atoms with Crippen molar-refractivity contribution in [2.45, 2.75) is 64.4 Å². The van der Waals surface area contributed by atoms with Gasteiger partial charge >= 0.3 is 6.16 Å². The number of aldehydes is 1. The fourth-order valence-corrected chi connectivity index (χ4v) is 7.83. The molecule has 0 N–H and O–H groups in total. The monoisotopic (exact) mass is 746 g/mol. The highest BCUT2D eigenvalue weighted by Gasteiger charge is 2.73. The summed E-state index contributed by atoms with van der Waals surface area (Å²) in [6, 6.07) is 14.0. The number of allylic oxidation sites excluding steroid dienone is 1. The van der Waals surface area contributed by atoms with Crippen molar-refractivity contribution >= 4 is 44.9 Å². The van der Waals surface area contributed by atoms with E-state index in [1.165, 1.54) is 0 Å². The second kappa shape index (κ2) is 12.3. The summed E-state index contributed by atoms with van der Waals surface area (Å²) in [5, 5.41) is 4.59. The van der Waals surface area contributed by atoms with Crippen molar-refractivity contribution < 1.29 is 42.2 Å². The molecule has 7 rings (SSSR count). The number of hydrogen-bond acceptors (Lipinski definition) is 10. The van der Waals surface area contributed by atoms with Gasteiger partial charge in [-0.1, -0.05) is 52.3 Å². The molecular formula is C38H36BrFN2O8. The zero-order chi connectivity index (χ0) is 35.7. The summed E-state index contributed by atoms with van der Waals surface area (Å²) in [6.45, 7) is 7.14. The number of Topliss-reactive ketones (excluding diaryl/α,β-unsaturated/α-hetero) is 1. The summed E-state index contributed by atoms with van der Waals surface area (Å²) in [7, 11) is 3.78. The Labute approximate surface area is 296 Å². The third kappa shape index (κ3) is 5.58. The van der Waals surface area contributed by atoms with E-state index >= 15 is 4.39 Å². The molecule has 3 aromatic carbocycles. The summed E-state index contributed by atoms with van der Waals surface area (Å²) in [5.41, 5.74) is -0.144. The lowest BCUT2D eigenvalue weighted by atomic mass is 9.64. The third-order valence-electron chi connectivity index (χ3n) is 9.71. The minimum atomic E-state index is -1.23. The summed E-state index contributed by atoms with van der Waals surface area (Å²) < 4.78 is 46.3. The predicted molar refractivity (Wildman–Crippen MR) is 184 cm³/mol. The van der Waals surface area contributed by atoms with Crippen LogP contribution in [-0.2, 0) is 22.5 Å². The van der Waals surface area contributed by atoms with Crippen molar-refractivity contribution in [1.29, 1.82) is 0 Å². The number of ether oxygens (including phenoxy) is 4. The molecule has 50 heavy (non-hydrogen) atoms. The molecule has 4 aromatic rings. The second-order valence-electron chi connectivity index (χ2n) is 14.2. The summed E-state index contributed by atoms with van der Waals surface area (Å²) >= 11 is 3.40. The average Bonchev–Trinajstić information content (AvgIpc) is 3.69. The van der Waals surface area contributed by atoms with Gasteiger partial charge in [0.15, 0.2) is 17.8 Å². The zero-order valence-corrected chi connectivity index (χ0v) is 30.1. The van der Waals surface area contributed by atoms with Gasteiger partial charge in [-0.15, -0.1) is 0 Å². The van der Waals surface area contributed by atoms with Crippen molar-refractivity contribution in [2.75, 3.05) is 14.1 Å². The van der Waals surface area contributed by atoms with Crippen LogP contribution in [0, 0.1) is 17.7 Å². The first-order chi connectivity index (χ1) is 23.7. The number of ketones is 1. The maximum atomic E-state index is 16.5. The van der Waals surface area contributed by atoms with Gasteiger partial charge in [-0.05, 0) is 89.0 Å². The Bertz CT molecular complexity index is 2090. The number of carbonyl (C=O) groups excluding carboxylic acids is 3. The molecule has 2 aliphatic carbocycles. The average molecular weight is 748 g/mol. The van der Waals surface area contributed by atoms with E-state index in [9.17, 15) is 14.4 Å². The van der Waals surface area contributed by atoms with Crippen LogP contribution >= 0.6 is 15.9 Å². The zero-order valence-electron chi connectivity index (χ0n) is 28.5. The lowest BCUT2D eigenvalue weighted by molar-refractivity contribution is 0.0208. The van der Waals surface area contributed by atoms with E-state index in [4.69, 9.17) is 23.5 Å². The van der Waals surface area contributed by atoms with Crippen LogP contribution in [0.4, 0.5) is 9.18 Å². The lowest BCUT2D eigenvalue weighted by Gasteiger charge is -2.40. The van der Waals surface area contributed by atoms with Gasteiger partial charge in [-0.2, -0.15) is 0 Å². The van der Waals surface area contributed by atoms with Crippen molar-refractivity contribution in [3.63, 3.8) is 0 Å². The van der Waals surface area contributed by atoms with Crippen molar-refractivity contribution in [3.8, 4) is 11.6 Å². The van der Waals surface area contributed by atoms with E-state index in [-0.39, 0.29) is 63.8 Å². The van der Waals surface area contributed by atoms with Gasteiger partial charge in [0.25, 0.3) is 5.88 Å². The minimum absolute atomic E-state index is 0.0743. The van der Waals surface area contributed by atoms with E-state index < -0.39 is 35.1 Å². The number of benzene rings is 3. The highest BCUT2D eigenvalue weighted by atomic mass is 79.9. The van der Waals surface area contributed by atoms with Gasteiger partial charge in [0.2, 0.25) is 11.4 Å². The standard InChI is InChI=1S/C38H36BrFN2O8/c1-19-21(14-24-26(17-43)31(47-36(45)49-37(2,3)4)25-16-22(39)12-13-23(25)29(24)40)15-27-30(42(5)6)32-28(33(44)38(27)34(19)48-38)35(41-50-32)46-18-20-10-8-7-9-11-20/h7-13,16-17,21,27,30H,14-15,18H2,1-6H3/t21?,27-,30-,38+/m0/s1. The lowest BCUT2D eigenvalue weighted by Crippen LogP contribution is -2.48. The maximum Gasteiger partial charge on any atom is 0.514 e. The number of carbonyl (C=O) groups is 3. The van der Waals surface area contributed by atoms with Crippen LogP contribution < -0.4 is 9.47 Å². The molecule has 0 saturated carbocycles. The number of halogens is 2. The van der Waals surface area contributed by atoms with Crippen LogP contribution in [0.5, 0.6) is 11.6 Å². The first kappa shape index (κ1) is 33.9. The molecule has 2 heterocycles. The SMILES string of the molecule is CC1=C2O[C@]23C(=O)c2c(OCc4ccccc4)noc2[C@@H](N(C)C)[C@@H]3CC1Cc1c(C=O)c(OC(=O)OC(C)(C)C)c2cc(Br)ccc2c1F. The van der Waals surface area contributed by atoms with E-state index in [2.05, 4.69) is 21.1 Å². The van der Waals surface area contributed by atoms with Gasteiger partial charge in [0.05, 0.1) is 11.6 Å². The van der Waals surface area contributed by atoms with E-state index in [1.807, 2.05) is 56.3 Å². The fraction of sp³-hybridized carbons (Fsp3) is 0.368. The largest absolute Gasteiger partial charge is 0.514 e. The molecule has 4 atom stereocenters. The highest BCUT2D eigenvalue weighted by molar-refractivity contribution is 9.10. The molecule has 260 valence electrons. The third-order valence-corrected chi connectivity index (χ3v) is 10.2. The van der Waals surface area contributed by atoms with Gasteiger partial charge in [0.1, 0.15) is 29.3 Å². The van der Waals surface area contributed by atoms with Crippen molar-refractivity contribution in [1.82, 2.24) is 10.1 Å². The van der Waals surface area contributed by atoms with E-state index in [0.29, 0.717) is 28.7 Å². The Morgan fingerprint density at radius 1 is 1.16 bits per heavy atom. The number of fused-ring (bicyclic) bond motifs is 2. The molecule has 1 unspecified atom stereocenters. The molecule has 1 fully saturated rings. The Balaban J connectivity index is 1.27. The highest BCUT2D eigenvalue weighted by Crippen LogP contribution is 2.65. The molecule has 0 amide bonds. The minimum Gasteiger partial charge on any atom is -0.470 e. The molecule has 1 spiro atoms. The molecule has 12 heteroatoms. The van der Waals surface area contributed by atoms with Gasteiger partial charge in [-0.3, -0.25) is 14.5 Å². The summed E-state index contributed by atoms with van der Waals surface area (Å²) in [4.78, 5) is 41.9. The smallest absolute Gasteiger partial charge is 0.470 e. The number of epoxide rings is 1. The quantitative estimate of drug-likeness (QED) is 0.0756. The number of rotatable bonds is 8. The first-order valence-corrected chi connectivity index (χ1v) is 17.1. The van der Waals surface area contributed by atoms with Gasteiger partial charge in [-0.25, -0.2) is 9.18 Å².